The fraction of sp³-hybridized carbons (Fsp3) is 0.600. The van der Waals surface area contributed by atoms with Gasteiger partial charge in [0, 0.05) is 29.9 Å². The molecule has 1 aliphatic heterocycles. The first kappa shape index (κ1) is 19.8. The van der Waals surface area contributed by atoms with Crippen molar-refractivity contribution in [1.29, 1.82) is 0 Å². The highest BCUT2D eigenvalue weighted by molar-refractivity contribution is 5.58. The highest BCUT2D eigenvalue weighted by Gasteiger charge is 2.62. The largest absolute Gasteiger partial charge is 0.487 e. The average Bonchev–Trinajstić information content (AvgIpc) is 2.70. The molecule has 0 aromatic carbocycles. The van der Waals surface area contributed by atoms with Gasteiger partial charge in [-0.05, 0) is 67.9 Å². The molecule has 2 saturated carbocycles. The van der Waals surface area contributed by atoms with Crippen molar-refractivity contribution in [2.45, 2.75) is 71.5 Å². The van der Waals surface area contributed by atoms with Gasteiger partial charge >= 0.3 is 5.63 Å². The zero-order valence-corrected chi connectivity index (χ0v) is 18.3. The smallest absolute Gasteiger partial charge is 0.343 e. The lowest BCUT2D eigenvalue weighted by Crippen LogP contribution is -2.63. The molecule has 30 heavy (non-hydrogen) atoms. The van der Waals surface area contributed by atoms with Crippen LogP contribution in [0.5, 0.6) is 5.75 Å². The summed E-state index contributed by atoms with van der Waals surface area (Å²) in [4.78, 5) is 17.1. The Balaban J connectivity index is 1.57. The quantitative estimate of drug-likeness (QED) is 0.745. The van der Waals surface area contributed by atoms with E-state index in [-0.39, 0.29) is 34.1 Å². The number of fused-ring (bicyclic) bond motifs is 4. The molecule has 2 aromatic heterocycles. The van der Waals surface area contributed by atoms with Gasteiger partial charge in [-0.1, -0.05) is 20.8 Å². The van der Waals surface area contributed by atoms with E-state index in [9.17, 15) is 9.90 Å². The lowest BCUT2D eigenvalue weighted by molar-refractivity contribution is -0.191. The molecule has 3 aliphatic rings. The standard InChI is InChI=1S/C25H31NO4/c1-23(2)19-7-10-25(4)20(24(19,3)9-8-21(23)27)12-16-18(30-25)13-17(29-22(16)28)15-6-5-11-26-14-15/h5-6,11,13-14,19-21,27H,7-10,12H2,1-4H3/t19-,20+,21-,24-,25+/m0/s1. The first-order chi connectivity index (χ1) is 14.1. The Morgan fingerprint density at radius 2 is 1.93 bits per heavy atom. The summed E-state index contributed by atoms with van der Waals surface area (Å²) in [6, 6.07) is 5.57. The van der Waals surface area contributed by atoms with E-state index in [1.54, 1.807) is 12.4 Å². The first-order valence-electron chi connectivity index (χ1n) is 11.1. The topological polar surface area (TPSA) is 72.6 Å². The van der Waals surface area contributed by atoms with Gasteiger partial charge in [0.05, 0.1) is 11.7 Å². The molecule has 0 amide bonds. The summed E-state index contributed by atoms with van der Waals surface area (Å²) in [5.74, 6) is 1.77. The van der Waals surface area contributed by atoms with E-state index in [2.05, 4.69) is 32.7 Å². The minimum Gasteiger partial charge on any atom is -0.487 e. The van der Waals surface area contributed by atoms with Crippen molar-refractivity contribution in [3.63, 3.8) is 0 Å². The normalized spacial score (nSPS) is 36.8. The predicted octanol–water partition coefficient (Wildman–Crippen LogP) is 4.61. The second-order valence-corrected chi connectivity index (χ2v) is 10.6. The van der Waals surface area contributed by atoms with Crippen molar-refractivity contribution in [3.05, 3.63) is 46.6 Å². The summed E-state index contributed by atoms with van der Waals surface area (Å²) in [6.45, 7) is 8.97. The van der Waals surface area contributed by atoms with Gasteiger partial charge in [-0.15, -0.1) is 0 Å². The fourth-order valence-corrected chi connectivity index (χ4v) is 6.95. The van der Waals surface area contributed by atoms with Crippen LogP contribution < -0.4 is 10.4 Å². The number of aliphatic hydroxyl groups excluding tert-OH is 1. The van der Waals surface area contributed by atoms with Crippen molar-refractivity contribution < 1.29 is 14.3 Å². The van der Waals surface area contributed by atoms with Crippen LogP contribution in [0.1, 0.15) is 58.9 Å². The second-order valence-electron chi connectivity index (χ2n) is 10.6. The summed E-state index contributed by atoms with van der Waals surface area (Å²) < 4.78 is 12.3. The number of aliphatic hydroxyl groups is 1. The Bertz CT molecular complexity index is 1030. The van der Waals surface area contributed by atoms with Crippen LogP contribution in [0.2, 0.25) is 0 Å². The van der Waals surface area contributed by atoms with Crippen LogP contribution in [0.25, 0.3) is 11.3 Å². The van der Waals surface area contributed by atoms with E-state index >= 15 is 0 Å². The molecule has 160 valence electrons. The maximum atomic E-state index is 13.0. The van der Waals surface area contributed by atoms with E-state index in [1.165, 1.54) is 0 Å². The number of ether oxygens (including phenoxy) is 1. The summed E-state index contributed by atoms with van der Waals surface area (Å²) in [6.07, 6.45) is 7.50. The highest BCUT2D eigenvalue weighted by Crippen LogP contribution is 2.64. The van der Waals surface area contributed by atoms with Crippen LogP contribution in [0, 0.1) is 22.7 Å². The van der Waals surface area contributed by atoms with Gasteiger partial charge in [0.2, 0.25) is 0 Å². The zero-order valence-electron chi connectivity index (χ0n) is 18.3. The number of hydrogen-bond donors (Lipinski definition) is 1. The Hall–Kier alpha value is -2.14. The molecule has 0 spiro atoms. The molecule has 2 fully saturated rings. The third-order valence-electron chi connectivity index (χ3n) is 8.68. The van der Waals surface area contributed by atoms with Crippen LogP contribution in [-0.4, -0.2) is 21.8 Å². The fourth-order valence-electron chi connectivity index (χ4n) is 6.95. The molecule has 0 unspecified atom stereocenters. The van der Waals surface area contributed by atoms with E-state index in [0.29, 0.717) is 29.4 Å². The van der Waals surface area contributed by atoms with Gasteiger partial charge in [-0.2, -0.15) is 0 Å². The van der Waals surface area contributed by atoms with E-state index in [0.717, 1.165) is 31.2 Å². The number of aromatic nitrogens is 1. The first-order valence-corrected chi connectivity index (χ1v) is 11.1. The van der Waals surface area contributed by atoms with E-state index in [4.69, 9.17) is 9.15 Å². The van der Waals surface area contributed by atoms with Crippen LogP contribution in [0.4, 0.5) is 0 Å². The van der Waals surface area contributed by atoms with Crippen molar-refractivity contribution in [2.24, 2.45) is 22.7 Å². The van der Waals surface area contributed by atoms with Crippen molar-refractivity contribution >= 4 is 0 Å². The van der Waals surface area contributed by atoms with Gasteiger partial charge in [0.1, 0.15) is 17.1 Å². The SMILES string of the molecule is CC1(C)[C@@H](O)CC[C@]2(C)[C@H]3Cc4c(cc(-c5cccnc5)oc4=O)O[C@]3(C)CC[C@@H]12. The average molecular weight is 410 g/mol. The monoisotopic (exact) mass is 409 g/mol. The van der Waals surface area contributed by atoms with Crippen molar-refractivity contribution in [3.8, 4) is 17.1 Å². The van der Waals surface area contributed by atoms with Crippen molar-refractivity contribution in [2.75, 3.05) is 0 Å². The molecule has 5 rings (SSSR count). The molecule has 0 radical (unpaired) electrons. The Kier molecular flexibility index (Phi) is 4.24. The van der Waals surface area contributed by atoms with E-state index in [1.807, 2.05) is 18.2 Å². The maximum absolute atomic E-state index is 13.0. The van der Waals surface area contributed by atoms with Crippen molar-refractivity contribution in [1.82, 2.24) is 4.98 Å². The molecule has 5 nitrogen and oxygen atoms in total. The minimum atomic E-state index is -0.323. The molecular weight excluding hydrogens is 378 g/mol. The zero-order chi connectivity index (χ0) is 21.3. The van der Waals surface area contributed by atoms with Crippen LogP contribution >= 0.6 is 0 Å². The predicted molar refractivity (Wildman–Crippen MR) is 114 cm³/mol. The Labute approximate surface area is 177 Å². The van der Waals surface area contributed by atoms with Crippen LogP contribution in [0.3, 0.4) is 0 Å². The second kappa shape index (κ2) is 6.43. The molecule has 2 aromatic rings. The van der Waals surface area contributed by atoms with Gasteiger partial charge in [-0.25, -0.2) is 4.79 Å². The Morgan fingerprint density at radius 1 is 1.13 bits per heavy atom. The summed E-state index contributed by atoms with van der Waals surface area (Å²) in [5.41, 5.74) is 0.666. The van der Waals surface area contributed by atoms with E-state index < -0.39 is 0 Å². The van der Waals surface area contributed by atoms with Gasteiger partial charge in [0.25, 0.3) is 0 Å². The lowest BCUT2D eigenvalue weighted by Gasteiger charge is -2.64. The van der Waals surface area contributed by atoms with Gasteiger partial charge in [0.15, 0.2) is 0 Å². The number of pyridine rings is 1. The Morgan fingerprint density at radius 3 is 2.67 bits per heavy atom. The molecule has 2 aliphatic carbocycles. The minimum absolute atomic E-state index is 0.0158. The molecule has 0 bridgehead atoms. The number of rotatable bonds is 1. The molecule has 5 heteroatoms. The molecule has 1 N–H and O–H groups in total. The van der Waals surface area contributed by atoms with Gasteiger partial charge in [-0.3, -0.25) is 4.98 Å². The molecule has 3 heterocycles. The van der Waals surface area contributed by atoms with Crippen LogP contribution in [-0.2, 0) is 6.42 Å². The third-order valence-corrected chi connectivity index (χ3v) is 8.68. The summed E-state index contributed by atoms with van der Waals surface area (Å²) in [7, 11) is 0. The van der Waals surface area contributed by atoms with Crippen LogP contribution in [0.15, 0.2) is 39.8 Å². The summed E-state index contributed by atoms with van der Waals surface area (Å²) in [5, 5.41) is 10.7. The molecule has 0 saturated heterocycles. The van der Waals surface area contributed by atoms with Gasteiger partial charge < -0.3 is 14.3 Å². The molecule has 5 atom stereocenters. The number of hydrogen-bond acceptors (Lipinski definition) is 5. The number of nitrogens with zero attached hydrogens (tertiary/aromatic N) is 1. The lowest BCUT2D eigenvalue weighted by atomic mass is 9.44. The molecular formula is C25H31NO4. The summed E-state index contributed by atoms with van der Waals surface area (Å²) >= 11 is 0. The maximum Gasteiger partial charge on any atom is 0.343 e. The third kappa shape index (κ3) is 2.71. The highest BCUT2D eigenvalue weighted by atomic mass is 16.5.